The van der Waals surface area contributed by atoms with E-state index in [0.29, 0.717) is 18.7 Å². The van der Waals surface area contributed by atoms with Crippen molar-refractivity contribution in [3.63, 3.8) is 0 Å². The number of aromatic nitrogens is 2. The third kappa shape index (κ3) is 3.15. The summed E-state index contributed by atoms with van der Waals surface area (Å²) in [5, 5.41) is 9.30. The van der Waals surface area contributed by atoms with Gasteiger partial charge < -0.3 is 11.1 Å². The molecule has 0 radical (unpaired) electrons. The van der Waals surface area contributed by atoms with E-state index in [-0.39, 0.29) is 5.91 Å². The zero-order chi connectivity index (χ0) is 12.3. The van der Waals surface area contributed by atoms with Crippen LogP contribution in [0.15, 0.2) is 23.7 Å². The summed E-state index contributed by atoms with van der Waals surface area (Å²) >= 11 is 1.53. The van der Waals surface area contributed by atoms with E-state index in [9.17, 15) is 4.79 Å². The van der Waals surface area contributed by atoms with E-state index in [4.69, 9.17) is 5.73 Å². The normalized spacial score (nSPS) is 10.6. The topological polar surface area (TPSA) is 72.9 Å². The largest absolute Gasteiger partial charge is 0.366 e. The lowest BCUT2D eigenvalue weighted by Gasteiger charge is -1.99. The molecule has 0 saturated carbocycles. The molecule has 17 heavy (non-hydrogen) atoms. The number of thiophene rings is 1. The summed E-state index contributed by atoms with van der Waals surface area (Å²) in [6, 6.07) is 3.79. The minimum Gasteiger partial charge on any atom is -0.366 e. The Morgan fingerprint density at radius 2 is 2.41 bits per heavy atom. The first-order valence-corrected chi connectivity index (χ1v) is 6.09. The average molecular weight is 250 g/mol. The number of carbonyl (C=O) groups is 1. The van der Waals surface area contributed by atoms with Gasteiger partial charge in [-0.1, -0.05) is 0 Å². The van der Waals surface area contributed by atoms with Gasteiger partial charge in [-0.3, -0.25) is 9.48 Å². The highest BCUT2D eigenvalue weighted by Crippen LogP contribution is 2.13. The first-order chi connectivity index (χ1) is 8.15. The minimum absolute atomic E-state index is 0.378. The summed E-state index contributed by atoms with van der Waals surface area (Å²) in [6.45, 7) is 1.43. The Kier molecular flexibility index (Phi) is 3.55. The van der Waals surface area contributed by atoms with Crippen molar-refractivity contribution in [2.45, 2.75) is 13.1 Å². The zero-order valence-corrected chi connectivity index (χ0v) is 10.3. The van der Waals surface area contributed by atoms with E-state index < -0.39 is 0 Å². The molecule has 0 bridgehead atoms. The lowest BCUT2D eigenvalue weighted by Crippen LogP contribution is -2.13. The van der Waals surface area contributed by atoms with Crippen molar-refractivity contribution in [2.24, 2.45) is 12.8 Å². The Labute approximate surface area is 103 Å². The number of nitrogens with one attached hydrogen (secondary N) is 1. The van der Waals surface area contributed by atoms with Crippen molar-refractivity contribution in [1.29, 1.82) is 0 Å². The Morgan fingerprint density at radius 3 is 3.00 bits per heavy atom. The molecule has 0 aliphatic heterocycles. The van der Waals surface area contributed by atoms with Crippen molar-refractivity contribution >= 4 is 17.2 Å². The van der Waals surface area contributed by atoms with Gasteiger partial charge in [-0.25, -0.2) is 0 Å². The Hall–Kier alpha value is -1.66. The lowest BCUT2D eigenvalue weighted by molar-refractivity contribution is 0.100. The summed E-state index contributed by atoms with van der Waals surface area (Å²) in [6.07, 6.45) is 1.91. The number of nitrogens with zero attached hydrogens (tertiary/aromatic N) is 2. The van der Waals surface area contributed by atoms with Gasteiger partial charge in [0.1, 0.15) is 0 Å². The first kappa shape index (κ1) is 11.8. The predicted octanol–water partition coefficient (Wildman–Crippen LogP) is 0.870. The third-order valence-corrected chi connectivity index (χ3v) is 3.25. The van der Waals surface area contributed by atoms with E-state index in [1.54, 1.807) is 10.1 Å². The molecule has 1 amide bonds. The molecule has 3 N–H and O–H groups in total. The van der Waals surface area contributed by atoms with Gasteiger partial charge in [0.15, 0.2) is 0 Å². The fraction of sp³-hybridized carbons (Fsp3) is 0.273. The second-order valence-corrected chi connectivity index (χ2v) is 4.75. The van der Waals surface area contributed by atoms with E-state index in [0.717, 1.165) is 10.6 Å². The molecule has 5 nitrogen and oxygen atoms in total. The molecule has 0 atom stereocenters. The van der Waals surface area contributed by atoms with Gasteiger partial charge in [0.25, 0.3) is 0 Å². The number of aryl methyl sites for hydroxylation is 1. The molecule has 0 saturated heterocycles. The number of primary amides is 1. The van der Waals surface area contributed by atoms with Crippen LogP contribution in [0.2, 0.25) is 0 Å². The fourth-order valence-corrected chi connectivity index (χ4v) is 2.32. The van der Waals surface area contributed by atoms with Gasteiger partial charge in [0.05, 0.1) is 11.3 Å². The van der Waals surface area contributed by atoms with Crippen molar-refractivity contribution in [3.8, 4) is 0 Å². The summed E-state index contributed by atoms with van der Waals surface area (Å²) in [7, 11) is 1.89. The van der Waals surface area contributed by atoms with Crippen LogP contribution in [0.3, 0.4) is 0 Å². The van der Waals surface area contributed by atoms with Gasteiger partial charge in [-0.15, -0.1) is 11.3 Å². The Bertz CT molecular complexity index is 517. The molecular formula is C11H14N4OS. The maximum atomic E-state index is 10.9. The average Bonchev–Trinajstić information content (AvgIpc) is 2.88. The zero-order valence-electron chi connectivity index (χ0n) is 9.51. The van der Waals surface area contributed by atoms with Crippen molar-refractivity contribution in [2.75, 3.05) is 0 Å². The highest BCUT2D eigenvalue weighted by atomic mass is 32.1. The summed E-state index contributed by atoms with van der Waals surface area (Å²) in [5.41, 5.74) is 6.76. The van der Waals surface area contributed by atoms with E-state index in [1.165, 1.54) is 11.3 Å². The highest BCUT2D eigenvalue weighted by Gasteiger charge is 2.04. The number of nitrogens with two attached hydrogens (primary N) is 1. The van der Waals surface area contributed by atoms with Gasteiger partial charge in [0, 0.05) is 36.6 Å². The minimum atomic E-state index is -0.378. The summed E-state index contributed by atoms with van der Waals surface area (Å²) in [4.78, 5) is 12.0. The standard InChI is InChI=1S/C11H14N4OS/c1-15-3-2-9(14-15)5-13-6-10-4-8(7-17-10)11(12)16/h2-4,7,13H,5-6H2,1H3,(H2,12,16). The Balaban J connectivity index is 1.83. The molecule has 2 heterocycles. The van der Waals surface area contributed by atoms with Gasteiger partial charge in [-0.05, 0) is 12.1 Å². The maximum Gasteiger partial charge on any atom is 0.249 e. The van der Waals surface area contributed by atoms with Crippen LogP contribution in [0, 0.1) is 0 Å². The van der Waals surface area contributed by atoms with Crippen LogP contribution in [0.1, 0.15) is 20.9 Å². The molecule has 2 aromatic heterocycles. The summed E-state index contributed by atoms with van der Waals surface area (Å²) in [5.74, 6) is -0.378. The molecule has 6 heteroatoms. The van der Waals surface area contributed by atoms with Crippen LogP contribution in [-0.4, -0.2) is 15.7 Å². The van der Waals surface area contributed by atoms with Crippen LogP contribution < -0.4 is 11.1 Å². The van der Waals surface area contributed by atoms with Crippen LogP contribution in [0.25, 0.3) is 0 Å². The van der Waals surface area contributed by atoms with Gasteiger partial charge >= 0.3 is 0 Å². The molecule has 0 aliphatic rings. The Morgan fingerprint density at radius 1 is 1.59 bits per heavy atom. The molecule has 0 aliphatic carbocycles. The van der Waals surface area contributed by atoms with E-state index in [1.807, 2.05) is 25.4 Å². The van der Waals surface area contributed by atoms with Crippen molar-refractivity contribution in [1.82, 2.24) is 15.1 Å². The second kappa shape index (κ2) is 5.11. The molecule has 2 aromatic rings. The number of hydrogen-bond donors (Lipinski definition) is 2. The van der Waals surface area contributed by atoms with Crippen LogP contribution in [0.5, 0.6) is 0 Å². The van der Waals surface area contributed by atoms with Crippen LogP contribution in [0.4, 0.5) is 0 Å². The molecule has 2 rings (SSSR count). The second-order valence-electron chi connectivity index (χ2n) is 3.75. The number of carbonyl (C=O) groups excluding carboxylic acids is 1. The van der Waals surface area contributed by atoms with E-state index in [2.05, 4.69) is 10.4 Å². The molecular weight excluding hydrogens is 236 g/mol. The summed E-state index contributed by atoms with van der Waals surface area (Å²) < 4.78 is 1.77. The van der Waals surface area contributed by atoms with Crippen LogP contribution >= 0.6 is 11.3 Å². The number of rotatable bonds is 5. The lowest BCUT2D eigenvalue weighted by atomic mass is 10.3. The quantitative estimate of drug-likeness (QED) is 0.827. The van der Waals surface area contributed by atoms with Crippen LogP contribution in [-0.2, 0) is 20.1 Å². The fourth-order valence-electron chi connectivity index (χ4n) is 1.47. The van der Waals surface area contributed by atoms with Gasteiger partial charge in [0.2, 0.25) is 5.91 Å². The molecule has 0 unspecified atom stereocenters. The highest BCUT2D eigenvalue weighted by molar-refractivity contribution is 7.10. The maximum absolute atomic E-state index is 10.9. The molecule has 0 spiro atoms. The molecule has 0 fully saturated rings. The van der Waals surface area contributed by atoms with Gasteiger partial charge in [-0.2, -0.15) is 5.10 Å². The monoisotopic (exact) mass is 250 g/mol. The van der Waals surface area contributed by atoms with Crippen molar-refractivity contribution in [3.05, 3.63) is 39.8 Å². The molecule has 90 valence electrons. The number of amides is 1. The van der Waals surface area contributed by atoms with E-state index >= 15 is 0 Å². The smallest absolute Gasteiger partial charge is 0.249 e. The first-order valence-electron chi connectivity index (χ1n) is 5.21. The number of hydrogen-bond acceptors (Lipinski definition) is 4. The predicted molar refractivity (Wildman–Crippen MR) is 66.6 cm³/mol. The van der Waals surface area contributed by atoms with Crippen molar-refractivity contribution < 1.29 is 4.79 Å². The molecule has 0 aromatic carbocycles. The third-order valence-electron chi connectivity index (χ3n) is 2.31. The SMILES string of the molecule is Cn1ccc(CNCc2cc(C(N)=O)cs2)n1.